The van der Waals surface area contributed by atoms with Crippen molar-refractivity contribution in [1.29, 1.82) is 0 Å². The normalized spacial score (nSPS) is 11.4. The Morgan fingerprint density at radius 2 is 2.11 bits per heavy atom. The SMILES string of the molecule is Nc1nnc(S(=O)(=O)Nc2ccc(Br)c(Cl)c2)s1. The van der Waals surface area contributed by atoms with Crippen molar-refractivity contribution in [3.05, 3.63) is 27.7 Å². The van der Waals surface area contributed by atoms with Crippen LogP contribution in [0.3, 0.4) is 0 Å². The van der Waals surface area contributed by atoms with Crippen LogP contribution in [0, 0.1) is 0 Å². The number of hydrogen-bond donors (Lipinski definition) is 2. The van der Waals surface area contributed by atoms with Gasteiger partial charge in [0, 0.05) is 4.47 Å². The second-order valence-electron chi connectivity index (χ2n) is 3.14. The third-order valence-electron chi connectivity index (χ3n) is 1.82. The summed E-state index contributed by atoms with van der Waals surface area (Å²) in [6.07, 6.45) is 0. The van der Waals surface area contributed by atoms with Gasteiger partial charge in [0.15, 0.2) is 0 Å². The molecule has 0 fully saturated rings. The summed E-state index contributed by atoms with van der Waals surface area (Å²) in [5.74, 6) is 0. The van der Waals surface area contributed by atoms with Crippen LogP contribution in [-0.4, -0.2) is 18.6 Å². The Bertz CT molecular complexity index is 688. The van der Waals surface area contributed by atoms with Gasteiger partial charge in [0.2, 0.25) is 5.13 Å². The second kappa shape index (κ2) is 5.00. The molecular formula is C8H6BrClN4O2S2. The first-order valence-corrected chi connectivity index (χ1v) is 7.92. The Hall–Kier alpha value is -0.900. The van der Waals surface area contributed by atoms with Gasteiger partial charge in [-0.15, -0.1) is 10.2 Å². The number of halogens is 2. The van der Waals surface area contributed by atoms with Crippen LogP contribution in [0.1, 0.15) is 0 Å². The average molecular weight is 370 g/mol. The molecule has 2 aromatic rings. The van der Waals surface area contributed by atoms with Crippen LogP contribution in [0.4, 0.5) is 10.8 Å². The van der Waals surface area contributed by atoms with Gasteiger partial charge in [0.25, 0.3) is 14.4 Å². The van der Waals surface area contributed by atoms with Crippen LogP contribution in [0.5, 0.6) is 0 Å². The summed E-state index contributed by atoms with van der Waals surface area (Å²) in [4.78, 5) is 0. The predicted molar refractivity (Wildman–Crippen MR) is 74.3 cm³/mol. The number of hydrogen-bond acceptors (Lipinski definition) is 6. The van der Waals surface area contributed by atoms with Crippen LogP contribution >= 0.6 is 38.9 Å². The molecule has 1 aromatic heterocycles. The van der Waals surface area contributed by atoms with Gasteiger partial charge < -0.3 is 5.73 Å². The second-order valence-corrected chi connectivity index (χ2v) is 7.27. The molecule has 1 aromatic carbocycles. The molecule has 6 nitrogen and oxygen atoms in total. The van der Waals surface area contributed by atoms with E-state index in [9.17, 15) is 8.42 Å². The highest BCUT2D eigenvalue weighted by atomic mass is 79.9. The van der Waals surface area contributed by atoms with Crippen LogP contribution < -0.4 is 10.5 Å². The monoisotopic (exact) mass is 368 g/mol. The lowest BCUT2D eigenvalue weighted by Crippen LogP contribution is -2.12. The van der Waals surface area contributed by atoms with Gasteiger partial charge in [-0.3, -0.25) is 4.72 Å². The molecule has 2 rings (SSSR count). The number of aromatic nitrogens is 2. The minimum absolute atomic E-state index is 0.0872. The van der Waals surface area contributed by atoms with Crippen LogP contribution in [-0.2, 0) is 10.0 Å². The molecule has 3 N–H and O–H groups in total. The molecule has 0 amide bonds. The van der Waals surface area contributed by atoms with E-state index in [-0.39, 0.29) is 9.47 Å². The Kier molecular flexibility index (Phi) is 3.76. The van der Waals surface area contributed by atoms with E-state index in [0.29, 0.717) is 15.2 Å². The maximum absolute atomic E-state index is 11.9. The molecule has 0 saturated carbocycles. The summed E-state index contributed by atoms with van der Waals surface area (Å²) >= 11 is 9.86. The van der Waals surface area contributed by atoms with Gasteiger partial charge in [-0.1, -0.05) is 22.9 Å². The quantitative estimate of drug-likeness (QED) is 0.865. The predicted octanol–water partition coefficient (Wildman–Crippen LogP) is 2.34. The fraction of sp³-hybridized carbons (Fsp3) is 0. The number of anilines is 2. The minimum Gasteiger partial charge on any atom is -0.374 e. The highest BCUT2D eigenvalue weighted by Gasteiger charge is 2.19. The highest BCUT2D eigenvalue weighted by molar-refractivity contribution is 9.10. The van der Waals surface area contributed by atoms with Crippen LogP contribution in [0.15, 0.2) is 27.0 Å². The first kappa shape index (κ1) is 13.5. The smallest absolute Gasteiger partial charge is 0.291 e. The Labute approximate surface area is 120 Å². The molecule has 0 unspecified atom stereocenters. The molecule has 0 aliphatic rings. The van der Waals surface area contributed by atoms with Crippen molar-refractivity contribution in [2.75, 3.05) is 10.5 Å². The summed E-state index contributed by atoms with van der Waals surface area (Å²) in [5.41, 5.74) is 5.67. The van der Waals surface area contributed by atoms with E-state index in [0.717, 1.165) is 11.3 Å². The number of rotatable bonds is 3. The zero-order chi connectivity index (χ0) is 13.3. The third kappa shape index (κ3) is 2.91. The zero-order valence-electron chi connectivity index (χ0n) is 8.59. The largest absolute Gasteiger partial charge is 0.374 e. The summed E-state index contributed by atoms with van der Waals surface area (Å²) < 4.78 is 26.6. The molecular weight excluding hydrogens is 364 g/mol. The van der Waals surface area contributed by atoms with Crippen molar-refractivity contribution >= 4 is 59.7 Å². The van der Waals surface area contributed by atoms with E-state index in [4.69, 9.17) is 17.3 Å². The van der Waals surface area contributed by atoms with Gasteiger partial charge in [0.1, 0.15) is 0 Å². The fourth-order valence-electron chi connectivity index (χ4n) is 1.09. The Morgan fingerprint density at radius 3 is 2.67 bits per heavy atom. The van der Waals surface area contributed by atoms with Gasteiger partial charge in [-0.2, -0.15) is 8.42 Å². The molecule has 0 saturated heterocycles. The molecule has 96 valence electrons. The minimum atomic E-state index is -3.78. The number of sulfonamides is 1. The van der Waals surface area contributed by atoms with Crippen molar-refractivity contribution in [2.45, 2.75) is 4.34 Å². The molecule has 0 bridgehead atoms. The topological polar surface area (TPSA) is 98.0 Å². The van der Waals surface area contributed by atoms with Crippen LogP contribution in [0.2, 0.25) is 5.02 Å². The molecule has 0 radical (unpaired) electrons. The maximum Gasteiger partial charge on any atom is 0.291 e. The summed E-state index contributed by atoms with van der Waals surface area (Å²) in [5, 5.41) is 7.41. The van der Waals surface area contributed by atoms with Crippen molar-refractivity contribution in [1.82, 2.24) is 10.2 Å². The van der Waals surface area contributed by atoms with Gasteiger partial charge in [0.05, 0.1) is 10.7 Å². The number of nitrogens with zero attached hydrogens (tertiary/aromatic N) is 2. The van der Waals surface area contributed by atoms with E-state index >= 15 is 0 Å². The molecule has 18 heavy (non-hydrogen) atoms. The van der Waals surface area contributed by atoms with Crippen molar-refractivity contribution in [3.8, 4) is 0 Å². The molecule has 0 spiro atoms. The molecule has 0 atom stereocenters. The van der Waals surface area contributed by atoms with E-state index in [1.54, 1.807) is 12.1 Å². The maximum atomic E-state index is 11.9. The first-order valence-electron chi connectivity index (χ1n) is 4.45. The van der Waals surface area contributed by atoms with Crippen molar-refractivity contribution in [3.63, 3.8) is 0 Å². The standard InChI is InChI=1S/C8H6BrClN4O2S2/c9-5-2-1-4(3-6(5)10)14-18(15,16)8-13-12-7(11)17-8/h1-3,14H,(H2,11,12). The highest BCUT2D eigenvalue weighted by Crippen LogP contribution is 2.27. The van der Waals surface area contributed by atoms with Crippen molar-refractivity contribution < 1.29 is 8.42 Å². The summed E-state index contributed by atoms with van der Waals surface area (Å²) in [7, 11) is -3.78. The Morgan fingerprint density at radius 1 is 1.39 bits per heavy atom. The molecule has 1 heterocycles. The number of nitrogens with one attached hydrogen (secondary N) is 1. The van der Waals surface area contributed by atoms with Gasteiger partial charge in [-0.25, -0.2) is 0 Å². The number of benzene rings is 1. The van der Waals surface area contributed by atoms with E-state index in [2.05, 4.69) is 30.8 Å². The van der Waals surface area contributed by atoms with Crippen LogP contribution in [0.25, 0.3) is 0 Å². The fourth-order valence-corrected chi connectivity index (χ4v) is 3.35. The van der Waals surface area contributed by atoms with Crippen molar-refractivity contribution in [2.24, 2.45) is 0 Å². The lowest BCUT2D eigenvalue weighted by Gasteiger charge is -2.05. The van der Waals surface area contributed by atoms with Gasteiger partial charge >= 0.3 is 0 Å². The molecule has 0 aliphatic carbocycles. The average Bonchev–Trinajstić information content (AvgIpc) is 2.71. The summed E-state index contributed by atoms with van der Waals surface area (Å²) in [6.45, 7) is 0. The van der Waals surface area contributed by atoms with E-state index < -0.39 is 10.0 Å². The number of nitrogens with two attached hydrogens (primary N) is 1. The van der Waals surface area contributed by atoms with E-state index in [1.165, 1.54) is 6.07 Å². The lowest BCUT2D eigenvalue weighted by atomic mass is 10.3. The lowest BCUT2D eigenvalue weighted by molar-refractivity contribution is 0.599. The first-order chi connectivity index (χ1) is 8.38. The van der Waals surface area contributed by atoms with E-state index in [1.807, 2.05) is 0 Å². The zero-order valence-corrected chi connectivity index (χ0v) is 12.6. The number of nitrogen functional groups attached to an aromatic ring is 1. The summed E-state index contributed by atoms with van der Waals surface area (Å²) in [6, 6.07) is 4.68. The molecule has 0 aliphatic heterocycles. The third-order valence-corrected chi connectivity index (χ3v) is 5.56. The molecule has 10 heteroatoms. The van der Waals surface area contributed by atoms with Gasteiger partial charge in [-0.05, 0) is 34.1 Å². The Balaban J connectivity index is 2.30.